The lowest BCUT2D eigenvalue weighted by molar-refractivity contribution is -0.155. The number of aromatic amines is 3. The van der Waals surface area contributed by atoms with Gasteiger partial charge in [0.2, 0.25) is 47.3 Å². The Labute approximate surface area is 805 Å². The molecule has 0 radical (unpaired) electrons. The third kappa shape index (κ3) is 27.8. The number of nitrogen functional groups attached to an aromatic ring is 1. The number of thioether (sulfide) groups is 1. The molecule has 6 heterocycles. The summed E-state index contributed by atoms with van der Waals surface area (Å²) in [6, 6.07) is 25.8. The number of nitrogens with two attached hydrogens (primary N) is 2. The number of esters is 1. The molecule has 12 rings (SSSR count). The Morgan fingerprint density at radius 1 is 0.664 bits per heavy atom. The van der Waals surface area contributed by atoms with E-state index in [2.05, 4.69) is 93.6 Å². The molecule has 22 N–H and O–H groups in total. The molecule has 6 aromatic carbocycles. The Morgan fingerprint density at radius 2 is 1.27 bits per heavy atom. The van der Waals surface area contributed by atoms with Crippen molar-refractivity contribution in [2.45, 2.75) is 146 Å². The molecular weight excluding hydrogens is 1860 g/mol. The molecule has 1 fully saturated rings. The van der Waals surface area contributed by atoms with Crippen LogP contribution in [0.5, 0.6) is 11.5 Å². The molecule has 9 atom stereocenters. The van der Waals surface area contributed by atoms with Gasteiger partial charge in [-0.1, -0.05) is 36.4 Å². The average Bonchev–Trinajstić information content (AvgIpc) is 1.58. The number of urea groups is 1. The first-order valence-corrected chi connectivity index (χ1v) is 45.5. The number of halogens is 1. The standard InChI is InChI=1S/C92H102ClN23O23S/c1-45(100-80(126)49-13-17-54(18-14-49)98-41-57-42-99-79-78(102-57)86(132)112-91(96)111-79)12-25-72(118)107-65(35-74(120)121)84(130)108-63(11-8-27-97-90(94)95)81(127)109-67(37-76(124)125)85(131)110-66(36-75(122)123)82(128)101-47(3)44-140-71-39-73(119)115(88(71)134)28-30-138-89(50-15-21-58(136-5)22-16-50)137-29-26-46(2)113-114-92(135)104-56-20-24-61-51(32-56)33-64(105-61)83(129)103-55-19-23-62-52(31-55)34-68(106-62)87(133)116-43-53(40-93)77-60-10-7-6-9-59(60)70(38-69(77)116)139-48(4)117/h6-7,9-10,13-24,31-34,38,42,45,47,53,63,65-67,71,89,98,105-106H,8,11-12,25-30,35-37,39-41,43-44H2,1-5H3,(H,100,126)(H,101,128)(H,103,129)(H,107,118)(H,108,130)(H,109,127)(H,110,131)(H,120,121)(H,122,123)(H,124,125)(H4,94,95,97)(H2,104,114,135)(H3,96,99,111,112,132)/b113-46-/t45-,47+,53?,63+,65+,66+,67+,71?,89?/m1/s1. The van der Waals surface area contributed by atoms with Crippen LogP contribution in [0, 0.1) is 5.41 Å². The van der Waals surface area contributed by atoms with E-state index in [-0.39, 0.29) is 129 Å². The highest BCUT2D eigenvalue weighted by molar-refractivity contribution is 8.00. The van der Waals surface area contributed by atoms with Crippen LogP contribution in [0.15, 0.2) is 143 Å². The Balaban J connectivity index is 0.577. The number of imide groups is 1. The molecule has 736 valence electrons. The number of carboxylic acids is 3. The summed E-state index contributed by atoms with van der Waals surface area (Å²) in [6.07, 6.45) is -3.83. The van der Waals surface area contributed by atoms with Gasteiger partial charge < -0.3 is 114 Å². The molecule has 0 saturated carbocycles. The van der Waals surface area contributed by atoms with Crippen LogP contribution in [-0.4, -0.2) is 244 Å². The number of amides is 12. The maximum atomic E-state index is 14.3. The number of H-pyrrole nitrogens is 3. The average molecular weight is 1970 g/mol. The van der Waals surface area contributed by atoms with E-state index in [0.29, 0.717) is 79.6 Å². The second-order valence-electron chi connectivity index (χ2n) is 32.9. The Morgan fingerprint density at radius 3 is 1.91 bits per heavy atom. The van der Waals surface area contributed by atoms with Crippen molar-refractivity contribution in [2.75, 3.05) is 78.2 Å². The van der Waals surface area contributed by atoms with Gasteiger partial charge in [-0.15, -0.1) is 23.4 Å². The predicted octanol–water partition coefficient (Wildman–Crippen LogP) is 5.40. The van der Waals surface area contributed by atoms with Crippen LogP contribution in [0.2, 0.25) is 0 Å². The van der Waals surface area contributed by atoms with E-state index in [1.165, 1.54) is 39.3 Å². The monoisotopic (exact) mass is 1960 g/mol. The lowest BCUT2D eigenvalue weighted by atomic mass is 9.95. The number of benzene rings is 6. The fourth-order valence-electron chi connectivity index (χ4n) is 15.3. The Hall–Kier alpha value is -16.2. The first kappa shape index (κ1) is 103. The smallest absolute Gasteiger partial charge is 0.339 e. The van der Waals surface area contributed by atoms with E-state index >= 15 is 0 Å². The van der Waals surface area contributed by atoms with Crippen molar-refractivity contribution in [3.05, 3.63) is 178 Å². The van der Waals surface area contributed by atoms with Crippen molar-refractivity contribution in [1.82, 2.24) is 77.4 Å². The summed E-state index contributed by atoms with van der Waals surface area (Å²) in [7, 11) is 1.48. The topological polar surface area (TPSA) is 684 Å². The van der Waals surface area contributed by atoms with Crippen molar-refractivity contribution in [1.29, 1.82) is 5.41 Å². The Kier molecular flexibility index (Phi) is 34.9. The van der Waals surface area contributed by atoms with E-state index < -0.39 is 162 Å². The van der Waals surface area contributed by atoms with Gasteiger partial charge in [0.25, 0.3) is 23.3 Å². The highest BCUT2D eigenvalue weighted by Gasteiger charge is 2.41. The molecule has 46 nitrogen and oxygen atoms in total. The van der Waals surface area contributed by atoms with E-state index in [4.69, 9.17) is 47.4 Å². The van der Waals surface area contributed by atoms with Crippen LogP contribution >= 0.6 is 23.4 Å². The normalized spacial score (nSPS) is 14.9. The van der Waals surface area contributed by atoms with Crippen LogP contribution in [0.3, 0.4) is 0 Å². The number of likely N-dealkylation sites (tertiary alicyclic amines) is 1. The largest absolute Gasteiger partial charge is 0.497 e. The summed E-state index contributed by atoms with van der Waals surface area (Å²) in [5, 5.41) is 68.8. The van der Waals surface area contributed by atoms with Crippen molar-refractivity contribution >= 4 is 196 Å². The highest BCUT2D eigenvalue weighted by Crippen LogP contribution is 2.46. The summed E-state index contributed by atoms with van der Waals surface area (Å²) < 4.78 is 23.3. The van der Waals surface area contributed by atoms with Crippen molar-refractivity contribution in [3.8, 4) is 11.5 Å². The summed E-state index contributed by atoms with van der Waals surface area (Å²) in [4.78, 5) is 236. The minimum atomic E-state index is -2.09. The summed E-state index contributed by atoms with van der Waals surface area (Å²) in [5.41, 5.74) is 19.2. The van der Waals surface area contributed by atoms with Gasteiger partial charge in [0, 0.05) is 136 Å². The number of hydrazone groups is 1. The molecule has 2 aliphatic heterocycles. The van der Waals surface area contributed by atoms with Crippen LogP contribution < -0.4 is 90.0 Å². The molecule has 10 aromatic rings. The first-order valence-electron chi connectivity index (χ1n) is 44.0. The fourth-order valence-corrected chi connectivity index (χ4v) is 16.7. The number of anilines is 5. The molecule has 2 aliphatic rings. The van der Waals surface area contributed by atoms with Crippen molar-refractivity contribution in [3.63, 3.8) is 0 Å². The number of guanidine groups is 1. The number of carboxylic acid groups (broad SMARTS) is 3. The van der Waals surface area contributed by atoms with E-state index in [1.807, 2.05) is 24.3 Å². The quantitative estimate of drug-likeness (QED) is 0.00261. The number of rotatable bonds is 47. The van der Waals surface area contributed by atoms with Gasteiger partial charge in [-0.2, -0.15) is 10.1 Å². The number of nitrogens with one attached hydrogen (secondary N) is 15. The van der Waals surface area contributed by atoms with Crippen LogP contribution in [0.4, 0.5) is 33.5 Å². The predicted molar refractivity (Wildman–Crippen MR) is 514 cm³/mol. The second kappa shape index (κ2) is 47.5. The summed E-state index contributed by atoms with van der Waals surface area (Å²) in [5.74, 6) is -13.4. The minimum absolute atomic E-state index is 0.00195. The number of alkyl halides is 1. The number of hydrogen-bond donors (Lipinski definition) is 20. The summed E-state index contributed by atoms with van der Waals surface area (Å²) in [6.45, 7) is 5.94. The molecule has 4 aromatic heterocycles. The van der Waals surface area contributed by atoms with Gasteiger partial charge in [-0.3, -0.25) is 87.2 Å². The van der Waals surface area contributed by atoms with E-state index in [1.54, 1.807) is 110 Å². The number of carbonyl (C=O) groups is 15. The number of carbonyl (C=O) groups excluding carboxylic acids is 12. The third-order valence-corrected chi connectivity index (χ3v) is 24.0. The van der Waals surface area contributed by atoms with Crippen LogP contribution in [0.1, 0.15) is 146 Å². The molecule has 1 saturated heterocycles. The maximum Gasteiger partial charge on any atom is 0.339 e. The van der Waals surface area contributed by atoms with Crippen molar-refractivity contribution < 1.29 is 106 Å². The van der Waals surface area contributed by atoms with E-state index in [0.717, 1.165) is 33.0 Å². The number of fused-ring (bicyclic) bond motifs is 6. The molecule has 48 heteroatoms. The zero-order chi connectivity index (χ0) is 101. The lowest BCUT2D eigenvalue weighted by Crippen LogP contribution is -2.59. The van der Waals surface area contributed by atoms with Crippen LogP contribution in [-0.2, 0) is 68.8 Å². The fraction of sp³-hybridized carbons (Fsp3) is 0.337. The number of hydrogen-bond acceptors (Lipinski definition) is 28. The molecule has 0 spiro atoms. The number of aromatic nitrogens is 6. The van der Waals surface area contributed by atoms with Gasteiger partial charge in [-0.05, 0) is 136 Å². The van der Waals surface area contributed by atoms with Gasteiger partial charge in [-0.25, -0.2) is 20.2 Å². The highest BCUT2D eigenvalue weighted by atomic mass is 35.5. The SMILES string of the molecule is COc1ccc(C(OCC/C(C)=N\NC(=O)Nc2ccc3[nH]c(C(=O)Nc4ccc5[nH]c(C(=O)N6CC(CCl)c7c6cc(OC(C)=O)c6ccccc76)cc5c4)cc3c2)OCCN2C(=O)CC(SC[C@H](C)NC(=O)[C@H](CC(=O)O)NC(=O)[C@H](CC(=O)O)NC(=O)[C@H](CCCNC(=N)N)NC(=O)[C@H](CC(=O)O)NC(=O)CC[C@@H](C)NC(=O)c3ccc(NCc4cnc5nc(N)[nH]c(=O)c5n4)cc3)C2=O)cc1. The number of methoxy groups -OCH3 is 1. The van der Waals surface area contributed by atoms with Gasteiger partial charge in [0.1, 0.15) is 47.1 Å². The van der Waals surface area contributed by atoms with Gasteiger partial charge >= 0.3 is 29.9 Å². The lowest BCUT2D eigenvalue weighted by Gasteiger charge is -2.26. The molecule has 12 amide bonds. The molecular formula is C92H102ClN23O23S. The first-order chi connectivity index (χ1) is 66.9. The van der Waals surface area contributed by atoms with Crippen molar-refractivity contribution in [2.24, 2.45) is 10.8 Å². The van der Waals surface area contributed by atoms with Gasteiger partial charge in [0.05, 0.1) is 75.5 Å². The zero-order valence-corrected chi connectivity index (χ0v) is 77.6. The number of nitrogens with zero attached hydrogens (tertiary/aromatic N) is 6. The minimum Gasteiger partial charge on any atom is -0.497 e. The second-order valence-corrected chi connectivity index (χ2v) is 34.4. The molecule has 140 heavy (non-hydrogen) atoms. The molecule has 0 aliphatic carbocycles. The maximum absolute atomic E-state index is 14.3. The summed E-state index contributed by atoms with van der Waals surface area (Å²) >= 11 is 7.48. The molecule has 3 unspecified atom stereocenters. The number of aliphatic carboxylic acids is 3. The van der Waals surface area contributed by atoms with E-state index in [9.17, 15) is 92.0 Å². The van der Waals surface area contributed by atoms with Gasteiger partial charge in [0.15, 0.2) is 23.4 Å². The zero-order valence-electron chi connectivity index (χ0n) is 76.0. The Bertz CT molecular complexity index is 6520. The van der Waals surface area contributed by atoms with Crippen LogP contribution in [0.25, 0.3) is 43.7 Å². The number of ether oxygens (including phenoxy) is 4. The third-order valence-electron chi connectivity index (χ3n) is 22.2. The molecule has 0 bridgehead atoms.